The van der Waals surface area contributed by atoms with Gasteiger partial charge in [0, 0.05) is 5.38 Å². The summed E-state index contributed by atoms with van der Waals surface area (Å²) in [6, 6.07) is 4.70. The van der Waals surface area contributed by atoms with Gasteiger partial charge in [0.05, 0.1) is 11.3 Å². The monoisotopic (exact) mass is 273 g/mol. The highest BCUT2D eigenvalue weighted by atomic mass is 32.1. The maximum absolute atomic E-state index is 12.6. The third-order valence-electron chi connectivity index (χ3n) is 2.18. The molecule has 0 aliphatic rings. The zero-order valence-corrected chi connectivity index (χ0v) is 9.73. The second-order valence-corrected chi connectivity index (χ2v) is 4.29. The summed E-state index contributed by atoms with van der Waals surface area (Å²) in [5.41, 5.74) is 0.341. The van der Waals surface area contributed by atoms with E-state index in [4.69, 9.17) is 0 Å². The highest BCUT2D eigenvalue weighted by Gasteiger charge is 2.29. The number of rotatable bonds is 2. The molecule has 0 radical (unpaired) electrons. The number of hydrogen-bond acceptors (Lipinski definition) is 2. The first-order valence-corrected chi connectivity index (χ1v) is 5.79. The fourth-order valence-electron chi connectivity index (χ4n) is 1.30. The van der Waals surface area contributed by atoms with Crippen LogP contribution < -0.4 is 0 Å². The molecule has 0 atom stereocenters. The Hall–Kier alpha value is -1.69. The first-order chi connectivity index (χ1) is 8.45. The van der Waals surface area contributed by atoms with Crippen LogP contribution in [-0.4, -0.2) is 4.98 Å². The summed E-state index contributed by atoms with van der Waals surface area (Å²) < 4.78 is 49.5. The number of hydrogen-bond donors (Lipinski definition) is 0. The molecule has 0 unspecified atom stereocenters. The molecule has 6 heteroatoms. The van der Waals surface area contributed by atoms with Gasteiger partial charge in [0.15, 0.2) is 0 Å². The second-order valence-electron chi connectivity index (χ2n) is 3.48. The normalized spacial score (nSPS) is 12.2. The van der Waals surface area contributed by atoms with Gasteiger partial charge in [-0.15, -0.1) is 0 Å². The lowest BCUT2D eigenvalue weighted by Gasteiger charge is -2.05. The van der Waals surface area contributed by atoms with Crippen molar-refractivity contribution in [1.82, 2.24) is 4.98 Å². The molecule has 0 amide bonds. The van der Waals surface area contributed by atoms with Gasteiger partial charge in [-0.2, -0.15) is 17.6 Å². The Balaban J connectivity index is 2.13. The number of thiazole rings is 1. The van der Waals surface area contributed by atoms with Gasteiger partial charge in [-0.05, 0) is 23.8 Å². The Bertz CT molecular complexity index is 554. The van der Waals surface area contributed by atoms with Gasteiger partial charge in [-0.25, -0.2) is 4.98 Å². The minimum Gasteiger partial charge on any atom is -0.210 e. The molecule has 94 valence electrons. The second kappa shape index (κ2) is 4.89. The molecule has 1 aromatic heterocycles. The largest absolute Gasteiger partial charge is 0.416 e. The minimum absolute atomic E-state index is 0.442. The average molecular weight is 273 g/mol. The Morgan fingerprint density at radius 1 is 1.06 bits per heavy atom. The van der Waals surface area contributed by atoms with Crippen molar-refractivity contribution < 1.29 is 17.6 Å². The first-order valence-electron chi connectivity index (χ1n) is 4.91. The molecular weight excluding hydrogens is 266 g/mol. The molecule has 18 heavy (non-hydrogen) atoms. The molecule has 2 rings (SSSR count). The molecule has 0 saturated heterocycles. The van der Waals surface area contributed by atoms with Crippen LogP contribution in [0.25, 0.3) is 12.2 Å². The van der Waals surface area contributed by atoms with Gasteiger partial charge in [-0.1, -0.05) is 29.5 Å². The summed E-state index contributed by atoms with van der Waals surface area (Å²) in [6.45, 7) is 0. The van der Waals surface area contributed by atoms with E-state index in [0.29, 0.717) is 11.3 Å². The highest BCUT2D eigenvalue weighted by molar-refractivity contribution is 7.08. The zero-order valence-electron chi connectivity index (χ0n) is 8.91. The molecule has 1 heterocycles. The minimum atomic E-state index is -4.33. The van der Waals surface area contributed by atoms with Crippen molar-refractivity contribution in [3.8, 4) is 0 Å². The van der Waals surface area contributed by atoms with Crippen LogP contribution in [0.5, 0.6) is 0 Å². The maximum atomic E-state index is 12.6. The van der Waals surface area contributed by atoms with Crippen molar-refractivity contribution in [1.29, 1.82) is 0 Å². The standard InChI is InChI=1S/C12H7F4NS/c13-11-17-10(7-18-11)6-3-8-1-4-9(5-2-8)12(14,15)16/h1-7H. The molecule has 0 bridgehead atoms. The number of nitrogens with zero attached hydrogens (tertiary/aromatic N) is 1. The predicted molar refractivity (Wildman–Crippen MR) is 62.4 cm³/mol. The maximum Gasteiger partial charge on any atom is 0.416 e. The molecule has 0 aliphatic carbocycles. The van der Waals surface area contributed by atoms with Crippen molar-refractivity contribution in [2.24, 2.45) is 0 Å². The molecule has 0 saturated carbocycles. The van der Waals surface area contributed by atoms with E-state index in [1.807, 2.05) is 0 Å². The number of halogens is 4. The fraction of sp³-hybridized carbons (Fsp3) is 0.0833. The van der Waals surface area contributed by atoms with Crippen LogP contribution in [0.1, 0.15) is 16.8 Å². The van der Waals surface area contributed by atoms with Gasteiger partial charge in [0.1, 0.15) is 0 Å². The van der Waals surface area contributed by atoms with Crippen LogP contribution in [-0.2, 0) is 6.18 Å². The van der Waals surface area contributed by atoms with Gasteiger partial charge in [0.25, 0.3) is 5.26 Å². The van der Waals surface area contributed by atoms with Gasteiger partial charge >= 0.3 is 6.18 Å². The lowest BCUT2D eigenvalue weighted by molar-refractivity contribution is -0.137. The van der Waals surface area contributed by atoms with E-state index in [9.17, 15) is 17.6 Å². The zero-order chi connectivity index (χ0) is 13.2. The van der Waals surface area contributed by atoms with E-state index in [-0.39, 0.29) is 0 Å². The molecule has 1 nitrogen and oxygen atoms in total. The third kappa shape index (κ3) is 3.16. The van der Waals surface area contributed by atoms with Gasteiger partial charge in [0.2, 0.25) is 0 Å². The van der Waals surface area contributed by atoms with Gasteiger partial charge in [-0.3, -0.25) is 0 Å². The quantitative estimate of drug-likeness (QED) is 0.735. The van der Waals surface area contributed by atoms with Crippen molar-refractivity contribution in [2.45, 2.75) is 6.18 Å². The Labute approximate surface area is 104 Å². The summed E-state index contributed by atoms with van der Waals surface area (Å²) in [4.78, 5) is 3.57. The van der Waals surface area contributed by atoms with E-state index in [1.165, 1.54) is 17.5 Å². The van der Waals surface area contributed by atoms with E-state index in [1.54, 1.807) is 12.2 Å². The molecule has 2 aromatic rings. The smallest absolute Gasteiger partial charge is 0.210 e. The lowest BCUT2D eigenvalue weighted by Crippen LogP contribution is -2.03. The first kappa shape index (κ1) is 12.8. The molecular formula is C12H7F4NS. The van der Waals surface area contributed by atoms with Gasteiger partial charge < -0.3 is 0 Å². The number of benzene rings is 1. The van der Waals surface area contributed by atoms with Crippen molar-refractivity contribution in [2.75, 3.05) is 0 Å². The van der Waals surface area contributed by atoms with Crippen LogP contribution >= 0.6 is 11.3 Å². The van der Waals surface area contributed by atoms with E-state index in [0.717, 1.165) is 23.5 Å². The topological polar surface area (TPSA) is 12.9 Å². The molecule has 0 aliphatic heterocycles. The molecule has 1 aromatic carbocycles. The average Bonchev–Trinajstić information content (AvgIpc) is 2.72. The number of alkyl halides is 3. The third-order valence-corrected chi connectivity index (χ3v) is 2.82. The Morgan fingerprint density at radius 2 is 1.72 bits per heavy atom. The number of aromatic nitrogens is 1. The van der Waals surface area contributed by atoms with Crippen molar-refractivity contribution in [3.63, 3.8) is 0 Å². The summed E-state index contributed by atoms with van der Waals surface area (Å²) in [5.74, 6) is 0. The Kier molecular flexibility index (Phi) is 3.47. The summed E-state index contributed by atoms with van der Waals surface area (Å²) in [7, 11) is 0. The van der Waals surface area contributed by atoms with Crippen LogP contribution in [0, 0.1) is 5.26 Å². The molecule has 0 fully saturated rings. The SMILES string of the molecule is Fc1nc(C=Cc2ccc(C(F)(F)F)cc2)cs1. The molecule has 0 N–H and O–H groups in total. The summed E-state index contributed by atoms with van der Waals surface area (Å²) >= 11 is 0.868. The van der Waals surface area contributed by atoms with Crippen molar-refractivity contribution >= 4 is 23.5 Å². The highest BCUT2D eigenvalue weighted by Crippen LogP contribution is 2.29. The van der Waals surface area contributed by atoms with Crippen LogP contribution in [0.2, 0.25) is 0 Å². The summed E-state index contributed by atoms with van der Waals surface area (Å²) in [6.07, 6.45) is -1.21. The van der Waals surface area contributed by atoms with E-state index < -0.39 is 17.0 Å². The van der Waals surface area contributed by atoms with Crippen LogP contribution in [0.15, 0.2) is 29.6 Å². The van der Waals surface area contributed by atoms with Crippen LogP contribution in [0.4, 0.5) is 17.6 Å². The van der Waals surface area contributed by atoms with Crippen LogP contribution in [0.3, 0.4) is 0 Å². The summed E-state index contributed by atoms with van der Waals surface area (Å²) in [5, 5.41) is 0.984. The Morgan fingerprint density at radius 3 is 2.22 bits per heavy atom. The fourth-order valence-corrected chi connectivity index (χ4v) is 1.81. The van der Waals surface area contributed by atoms with E-state index in [2.05, 4.69) is 4.98 Å². The molecule has 0 spiro atoms. The lowest BCUT2D eigenvalue weighted by atomic mass is 10.1. The predicted octanol–water partition coefficient (Wildman–Crippen LogP) is 4.47. The van der Waals surface area contributed by atoms with Crippen molar-refractivity contribution in [3.05, 3.63) is 51.7 Å². The van der Waals surface area contributed by atoms with E-state index >= 15 is 0 Å².